The molecule has 0 atom stereocenters. The van der Waals surface area contributed by atoms with Crippen LogP contribution >= 0.6 is 0 Å². The first-order valence-electron chi connectivity index (χ1n) is 10.3. The monoisotopic (exact) mass is 447 g/mol. The quantitative estimate of drug-likeness (QED) is 0.142. The second-order valence-corrected chi connectivity index (χ2v) is 7.62. The van der Waals surface area contributed by atoms with Crippen LogP contribution in [0.5, 0.6) is 5.75 Å². The summed E-state index contributed by atoms with van der Waals surface area (Å²) in [5.74, 6) is -0.292. The van der Waals surface area contributed by atoms with E-state index in [1.165, 1.54) is 12.1 Å². The Hall–Kier alpha value is -4.27. The van der Waals surface area contributed by atoms with E-state index in [1.54, 1.807) is 54.9 Å². The highest BCUT2D eigenvalue weighted by Crippen LogP contribution is 2.25. The number of nitro groups is 1. The molecule has 0 aliphatic rings. The summed E-state index contributed by atoms with van der Waals surface area (Å²) in [4.78, 5) is 35.1. The van der Waals surface area contributed by atoms with Crippen molar-refractivity contribution < 1.29 is 18.9 Å². The first kappa shape index (κ1) is 21.9. The molecule has 0 amide bonds. The zero-order valence-corrected chi connectivity index (χ0v) is 18.3. The molecule has 9 nitrogen and oxygen atoms in total. The van der Waals surface area contributed by atoms with Crippen molar-refractivity contribution in [1.82, 2.24) is 9.78 Å². The lowest BCUT2D eigenvalue weighted by Gasteiger charge is -2.08. The van der Waals surface area contributed by atoms with Crippen molar-refractivity contribution in [2.75, 3.05) is 0 Å². The van der Waals surface area contributed by atoms with Gasteiger partial charge < -0.3 is 9.15 Å². The van der Waals surface area contributed by atoms with E-state index in [9.17, 15) is 19.7 Å². The molecule has 0 unspecified atom stereocenters. The molecule has 2 aromatic carbocycles. The van der Waals surface area contributed by atoms with E-state index < -0.39 is 16.5 Å². The number of fused-ring (bicyclic) bond motifs is 1. The summed E-state index contributed by atoms with van der Waals surface area (Å²) in [5.41, 5.74) is 2.76. The van der Waals surface area contributed by atoms with E-state index in [0.29, 0.717) is 35.5 Å². The number of carbonyl (C=O) groups excluding carboxylic acids is 1. The maximum Gasteiger partial charge on any atom is 0.343 e. The highest BCUT2D eigenvalue weighted by Gasteiger charge is 2.21. The number of benzene rings is 2. The van der Waals surface area contributed by atoms with Crippen molar-refractivity contribution in [3.63, 3.8) is 0 Å². The Morgan fingerprint density at radius 3 is 2.52 bits per heavy atom. The molecular weight excluding hydrogens is 426 g/mol. The average molecular weight is 447 g/mol. The minimum Gasteiger partial charge on any atom is -0.423 e. The van der Waals surface area contributed by atoms with Gasteiger partial charge in [-0.15, -0.1) is 0 Å². The van der Waals surface area contributed by atoms with Crippen LogP contribution in [0.25, 0.3) is 11.0 Å². The molecule has 0 N–H and O–H groups in total. The van der Waals surface area contributed by atoms with E-state index in [2.05, 4.69) is 5.10 Å². The topological polar surface area (TPSA) is 117 Å². The van der Waals surface area contributed by atoms with Gasteiger partial charge in [-0.2, -0.15) is 5.10 Å². The SMILES string of the molecule is CCc1cc(=O)oc2cc(OC(=O)c3ccc(Cn4nc(C)c([N+](=O)[O-])c4C)cc3)ccc12. The zero-order valence-electron chi connectivity index (χ0n) is 18.3. The van der Waals surface area contributed by atoms with Crippen molar-refractivity contribution in [2.24, 2.45) is 0 Å². The van der Waals surface area contributed by atoms with E-state index in [4.69, 9.17) is 9.15 Å². The van der Waals surface area contributed by atoms with Crippen LogP contribution in [0.2, 0.25) is 0 Å². The molecule has 0 aliphatic heterocycles. The van der Waals surface area contributed by atoms with Crippen LogP contribution in [0.3, 0.4) is 0 Å². The molecule has 2 heterocycles. The summed E-state index contributed by atoms with van der Waals surface area (Å²) >= 11 is 0. The van der Waals surface area contributed by atoms with Gasteiger partial charge in [-0.3, -0.25) is 14.8 Å². The predicted octanol–water partition coefficient (Wildman–Crippen LogP) is 4.34. The third kappa shape index (κ3) is 4.38. The maximum absolute atomic E-state index is 12.6. The Kier molecular flexibility index (Phi) is 5.78. The lowest BCUT2D eigenvalue weighted by Crippen LogP contribution is -2.09. The Morgan fingerprint density at radius 1 is 1.15 bits per heavy atom. The summed E-state index contributed by atoms with van der Waals surface area (Å²) in [6.07, 6.45) is 0.679. The number of esters is 1. The molecular formula is C24H21N3O6. The molecule has 4 rings (SSSR count). The van der Waals surface area contributed by atoms with Gasteiger partial charge in [-0.25, -0.2) is 9.59 Å². The summed E-state index contributed by atoms with van der Waals surface area (Å²) < 4.78 is 12.3. The van der Waals surface area contributed by atoms with Crippen molar-refractivity contribution in [3.05, 3.63) is 97.1 Å². The normalized spacial score (nSPS) is 11.0. The van der Waals surface area contributed by atoms with Crippen LogP contribution in [-0.2, 0) is 13.0 Å². The standard InChI is InChI=1S/C24H21N3O6/c1-4-17-11-22(28)33-21-12-19(9-10-20(17)21)32-24(29)18-7-5-16(6-8-18)13-26-15(3)23(27(30)31)14(2)25-26/h5-12H,4,13H2,1-3H3. The van der Waals surface area contributed by atoms with Gasteiger partial charge in [0.1, 0.15) is 22.7 Å². The smallest absolute Gasteiger partial charge is 0.343 e. The summed E-state index contributed by atoms with van der Waals surface area (Å²) in [6.45, 7) is 5.53. The second-order valence-electron chi connectivity index (χ2n) is 7.62. The van der Waals surface area contributed by atoms with Crippen molar-refractivity contribution in [3.8, 4) is 5.75 Å². The number of hydrogen-bond acceptors (Lipinski definition) is 7. The molecule has 2 aromatic heterocycles. The maximum atomic E-state index is 12.6. The van der Waals surface area contributed by atoms with E-state index in [1.807, 2.05) is 6.92 Å². The van der Waals surface area contributed by atoms with Gasteiger partial charge in [0.15, 0.2) is 0 Å². The third-order valence-electron chi connectivity index (χ3n) is 5.44. The van der Waals surface area contributed by atoms with Crippen molar-refractivity contribution >= 4 is 22.6 Å². The molecule has 33 heavy (non-hydrogen) atoms. The van der Waals surface area contributed by atoms with Gasteiger partial charge in [0, 0.05) is 17.5 Å². The van der Waals surface area contributed by atoms with Crippen molar-refractivity contribution in [1.29, 1.82) is 0 Å². The first-order valence-corrected chi connectivity index (χ1v) is 10.3. The Labute approximate surface area is 188 Å². The van der Waals surface area contributed by atoms with Crippen LogP contribution in [0.15, 0.2) is 57.7 Å². The highest BCUT2D eigenvalue weighted by molar-refractivity contribution is 5.91. The molecule has 0 aliphatic carbocycles. The molecule has 0 fully saturated rings. The van der Waals surface area contributed by atoms with Gasteiger partial charge in [0.2, 0.25) is 0 Å². The minimum atomic E-state index is -0.559. The van der Waals surface area contributed by atoms with E-state index in [0.717, 1.165) is 16.5 Å². The lowest BCUT2D eigenvalue weighted by molar-refractivity contribution is -0.386. The zero-order chi connectivity index (χ0) is 23.7. The van der Waals surface area contributed by atoms with Gasteiger partial charge in [0.05, 0.1) is 17.0 Å². The van der Waals surface area contributed by atoms with Crippen LogP contribution in [0, 0.1) is 24.0 Å². The van der Waals surface area contributed by atoms with Crippen molar-refractivity contribution in [2.45, 2.75) is 33.7 Å². The predicted molar refractivity (Wildman–Crippen MR) is 121 cm³/mol. The summed E-state index contributed by atoms with van der Waals surface area (Å²) in [6, 6.07) is 13.1. The van der Waals surface area contributed by atoms with Gasteiger partial charge in [0.25, 0.3) is 0 Å². The summed E-state index contributed by atoms with van der Waals surface area (Å²) in [7, 11) is 0. The van der Waals surface area contributed by atoms with Gasteiger partial charge >= 0.3 is 17.3 Å². The second kappa shape index (κ2) is 8.70. The Bertz CT molecular complexity index is 1430. The largest absolute Gasteiger partial charge is 0.423 e. The molecule has 0 radical (unpaired) electrons. The fourth-order valence-electron chi connectivity index (χ4n) is 3.76. The number of hydrogen-bond donors (Lipinski definition) is 0. The van der Waals surface area contributed by atoms with Crippen LogP contribution in [0.4, 0.5) is 5.69 Å². The van der Waals surface area contributed by atoms with E-state index in [-0.39, 0.29) is 11.4 Å². The number of rotatable bonds is 6. The molecule has 0 saturated heterocycles. The molecule has 168 valence electrons. The number of aryl methyl sites for hydroxylation is 2. The van der Waals surface area contributed by atoms with Crippen LogP contribution in [-0.4, -0.2) is 20.7 Å². The summed E-state index contributed by atoms with van der Waals surface area (Å²) in [5, 5.41) is 16.2. The van der Waals surface area contributed by atoms with Crippen LogP contribution < -0.4 is 10.4 Å². The number of carbonyl (C=O) groups is 1. The first-order chi connectivity index (χ1) is 15.8. The fourth-order valence-corrected chi connectivity index (χ4v) is 3.76. The van der Waals surface area contributed by atoms with Crippen LogP contribution in [0.1, 0.15) is 39.8 Å². The Balaban J connectivity index is 1.50. The molecule has 9 heteroatoms. The number of ether oxygens (including phenoxy) is 1. The third-order valence-corrected chi connectivity index (χ3v) is 5.44. The minimum absolute atomic E-state index is 0.00692. The average Bonchev–Trinajstić information content (AvgIpc) is 3.06. The van der Waals surface area contributed by atoms with Gasteiger partial charge in [-0.05, 0) is 55.7 Å². The molecule has 4 aromatic rings. The Morgan fingerprint density at radius 2 is 1.88 bits per heavy atom. The fraction of sp³-hybridized carbons (Fsp3) is 0.208. The molecule has 0 bridgehead atoms. The lowest BCUT2D eigenvalue weighted by atomic mass is 10.1. The number of nitrogens with zero attached hydrogens (tertiary/aromatic N) is 3. The number of aromatic nitrogens is 2. The van der Waals surface area contributed by atoms with Gasteiger partial charge in [-0.1, -0.05) is 19.1 Å². The highest BCUT2D eigenvalue weighted by atomic mass is 16.6. The van der Waals surface area contributed by atoms with E-state index >= 15 is 0 Å². The molecule has 0 saturated carbocycles. The molecule has 0 spiro atoms.